The van der Waals surface area contributed by atoms with Gasteiger partial charge in [0.25, 0.3) is 0 Å². The molecule has 0 aliphatic carbocycles. The van der Waals surface area contributed by atoms with Crippen LogP contribution in [0.25, 0.3) is 10.9 Å². The number of aromatic nitrogens is 1. The highest BCUT2D eigenvalue weighted by molar-refractivity contribution is 9.10. The standard InChI is InChI=1S/C16H13BrFNO/c1-20-15-7-3-6-14-12(15)8-9-19(14)10-11-4-2-5-13(18)16(11)17/h2-9H,10H2,1H3. The SMILES string of the molecule is COc1cccc2c1ccn2Cc1cccc(F)c1Br. The number of fused-ring (bicyclic) bond motifs is 1. The minimum atomic E-state index is -0.239. The number of rotatable bonds is 3. The smallest absolute Gasteiger partial charge is 0.137 e. The van der Waals surface area contributed by atoms with Crippen LogP contribution in [0, 0.1) is 5.82 Å². The van der Waals surface area contributed by atoms with Crippen LogP contribution in [0.15, 0.2) is 53.1 Å². The average Bonchev–Trinajstić information content (AvgIpc) is 2.87. The molecule has 0 unspecified atom stereocenters. The number of benzene rings is 2. The molecule has 0 saturated carbocycles. The van der Waals surface area contributed by atoms with Gasteiger partial charge in [-0.05, 0) is 45.8 Å². The maximum absolute atomic E-state index is 13.6. The lowest BCUT2D eigenvalue weighted by atomic mass is 10.2. The second-order valence-corrected chi connectivity index (χ2v) is 5.34. The Kier molecular flexibility index (Phi) is 3.49. The Morgan fingerprint density at radius 2 is 1.95 bits per heavy atom. The van der Waals surface area contributed by atoms with Gasteiger partial charge in [-0.15, -0.1) is 0 Å². The number of halogens is 2. The Morgan fingerprint density at radius 3 is 2.75 bits per heavy atom. The summed E-state index contributed by atoms with van der Waals surface area (Å²) in [5.74, 6) is 0.608. The molecule has 0 atom stereocenters. The van der Waals surface area contributed by atoms with Gasteiger partial charge < -0.3 is 9.30 Å². The first-order valence-corrected chi connectivity index (χ1v) is 7.04. The van der Waals surface area contributed by atoms with Crippen molar-refractivity contribution in [3.05, 3.63) is 64.5 Å². The van der Waals surface area contributed by atoms with Crippen LogP contribution in [0.4, 0.5) is 4.39 Å². The largest absolute Gasteiger partial charge is 0.496 e. The molecule has 0 radical (unpaired) electrons. The van der Waals surface area contributed by atoms with Crippen molar-refractivity contribution < 1.29 is 9.13 Å². The van der Waals surface area contributed by atoms with E-state index in [1.807, 2.05) is 36.5 Å². The molecule has 0 N–H and O–H groups in total. The van der Waals surface area contributed by atoms with Gasteiger partial charge in [0, 0.05) is 18.1 Å². The van der Waals surface area contributed by atoms with Crippen molar-refractivity contribution in [2.24, 2.45) is 0 Å². The van der Waals surface area contributed by atoms with Crippen LogP contribution in [0.1, 0.15) is 5.56 Å². The molecule has 102 valence electrons. The van der Waals surface area contributed by atoms with Crippen molar-refractivity contribution in [1.29, 1.82) is 0 Å². The predicted molar refractivity (Wildman–Crippen MR) is 81.7 cm³/mol. The van der Waals surface area contributed by atoms with Crippen LogP contribution in [-0.4, -0.2) is 11.7 Å². The van der Waals surface area contributed by atoms with Gasteiger partial charge in [-0.3, -0.25) is 0 Å². The summed E-state index contributed by atoms with van der Waals surface area (Å²) in [6, 6.07) is 13.0. The first kappa shape index (κ1) is 13.2. The minimum absolute atomic E-state index is 0.239. The highest BCUT2D eigenvalue weighted by Crippen LogP contribution is 2.28. The van der Waals surface area contributed by atoms with Crippen LogP contribution in [0.2, 0.25) is 0 Å². The quantitative estimate of drug-likeness (QED) is 0.683. The molecule has 2 aromatic carbocycles. The predicted octanol–water partition coefficient (Wildman–Crippen LogP) is 4.60. The van der Waals surface area contributed by atoms with Gasteiger partial charge in [0.15, 0.2) is 0 Å². The van der Waals surface area contributed by atoms with E-state index >= 15 is 0 Å². The van der Waals surface area contributed by atoms with E-state index in [9.17, 15) is 4.39 Å². The van der Waals surface area contributed by atoms with E-state index in [0.717, 1.165) is 22.2 Å². The monoisotopic (exact) mass is 333 g/mol. The zero-order valence-corrected chi connectivity index (χ0v) is 12.5. The molecule has 20 heavy (non-hydrogen) atoms. The first-order valence-electron chi connectivity index (χ1n) is 6.25. The summed E-state index contributed by atoms with van der Waals surface area (Å²) in [6.07, 6.45) is 1.99. The Labute approximate surface area is 124 Å². The van der Waals surface area contributed by atoms with Gasteiger partial charge in [-0.1, -0.05) is 18.2 Å². The van der Waals surface area contributed by atoms with E-state index in [2.05, 4.69) is 20.5 Å². The summed E-state index contributed by atoms with van der Waals surface area (Å²) < 4.78 is 21.5. The number of hydrogen-bond donors (Lipinski definition) is 0. The van der Waals surface area contributed by atoms with Crippen molar-refractivity contribution in [3.63, 3.8) is 0 Å². The normalized spacial score (nSPS) is 10.9. The third kappa shape index (κ3) is 2.20. The molecule has 0 bridgehead atoms. The van der Waals surface area contributed by atoms with Crippen LogP contribution in [0.3, 0.4) is 0 Å². The number of hydrogen-bond acceptors (Lipinski definition) is 1. The molecule has 0 aliphatic rings. The number of nitrogens with zero attached hydrogens (tertiary/aromatic N) is 1. The molecule has 3 rings (SSSR count). The minimum Gasteiger partial charge on any atom is -0.496 e. The van der Waals surface area contributed by atoms with E-state index in [0.29, 0.717) is 11.0 Å². The summed E-state index contributed by atoms with van der Waals surface area (Å²) in [5.41, 5.74) is 1.98. The maximum Gasteiger partial charge on any atom is 0.137 e. The van der Waals surface area contributed by atoms with Crippen LogP contribution in [-0.2, 0) is 6.54 Å². The molecule has 0 spiro atoms. The second kappa shape index (κ2) is 5.29. The molecule has 0 saturated heterocycles. The summed E-state index contributed by atoms with van der Waals surface area (Å²) >= 11 is 3.31. The van der Waals surface area contributed by atoms with Crippen molar-refractivity contribution in [1.82, 2.24) is 4.57 Å². The Morgan fingerprint density at radius 1 is 1.15 bits per heavy atom. The first-order chi connectivity index (χ1) is 9.70. The molecule has 0 fully saturated rings. The van der Waals surface area contributed by atoms with Gasteiger partial charge in [-0.25, -0.2) is 4.39 Å². The lowest BCUT2D eigenvalue weighted by Gasteiger charge is -2.09. The lowest BCUT2D eigenvalue weighted by Crippen LogP contribution is -1.99. The van der Waals surface area contributed by atoms with Crippen LogP contribution in [0.5, 0.6) is 5.75 Å². The van der Waals surface area contributed by atoms with Crippen molar-refractivity contribution in [2.75, 3.05) is 7.11 Å². The fourth-order valence-corrected chi connectivity index (χ4v) is 2.75. The van der Waals surface area contributed by atoms with Gasteiger partial charge >= 0.3 is 0 Å². The Balaban J connectivity index is 2.05. The van der Waals surface area contributed by atoms with E-state index in [1.54, 1.807) is 13.2 Å². The van der Waals surface area contributed by atoms with E-state index in [1.165, 1.54) is 6.07 Å². The molecule has 0 aliphatic heterocycles. The summed E-state index contributed by atoms with van der Waals surface area (Å²) in [5, 5.41) is 1.06. The van der Waals surface area contributed by atoms with Crippen LogP contribution < -0.4 is 4.74 Å². The molecule has 0 amide bonds. The number of methoxy groups -OCH3 is 1. The fourth-order valence-electron chi connectivity index (χ4n) is 2.37. The zero-order chi connectivity index (χ0) is 14.1. The third-order valence-corrected chi connectivity index (χ3v) is 4.25. The lowest BCUT2D eigenvalue weighted by molar-refractivity contribution is 0.420. The maximum atomic E-state index is 13.6. The highest BCUT2D eigenvalue weighted by atomic mass is 79.9. The molecular weight excluding hydrogens is 321 g/mol. The summed E-state index contributed by atoms with van der Waals surface area (Å²) in [6.45, 7) is 0.606. The zero-order valence-electron chi connectivity index (χ0n) is 10.9. The molecule has 1 aromatic heterocycles. The molecule has 2 nitrogen and oxygen atoms in total. The molecule has 1 heterocycles. The number of ether oxygens (including phenoxy) is 1. The summed E-state index contributed by atoms with van der Waals surface area (Å²) in [7, 11) is 1.66. The van der Waals surface area contributed by atoms with E-state index < -0.39 is 0 Å². The van der Waals surface area contributed by atoms with Gasteiger partial charge in [-0.2, -0.15) is 0 Å². The second-order valence-electron chi connectivity index (χ2n) is 4.55. The molecule has 3 aromatic rings. The summed E-state index contributed by atoms with van der Waals surface area (Å²) in [4.78, 5) is 0. The van der Waals surface area contributed by atoms with E-state index in [-0.39, 0.29) is 5.82 Å². The van der Waals surface area contributed by atoms with Gasteiger partial charge in [0.1, 0.15) is 11.6 Å². The Bertz CT molecular complexity index is 766. The van der Waals surface area contributed by atoms with Crippen molar-refractivity contribution in [2.45, 2.75) is 6.54 Å². The fraction of sp³-hybridized carbons (Fsp3) is 0.125. The topological polar surface area (TPSA) is 14.2 Å². The van der Waals surface area contributed by atoms with E-state index in [4.69, 9.17) is 4.74 Å². The average molecular weight is 334 g/mol. The molecule has 4 heteroatoms. The van der Waals surface area contributed by atoms with Crippen molar-refractivity contribution >= 4 is 26.8 Å². The molecular formula is C16H13BrFNO. The Hall–Kier alpha value is -1.81. The van der Waals surface area contributed by atoms with Gasteiger partial charge in [0.2, 0.25) is 0 Å². The van der Waals surface area contributed by atoms with Gasteiger partial charge in [0.05, 0.1) is 17.1 Å². The highest BCUT2D eigenvalue weighted by Gasteiger charge is 2.09. The third-order valence-electron chi connectivity index (χ3n) is 3.37. The van der Waals surface area contributed by atoms with Crippen LogP contribution >= 0.6 is 15.9 Å². The van der Waals surface area contributed by atoms with Crippen molar-refractivity contribution in [3.8, 4) is 5.75 Å².